The molecule has 0 saturated carbocycles. The van der Waals surface area contributed by atoms with Crippen molar-refractivity contribution < 1.29 is 9.84 Å². The first kappa shape index (κ1) is 13.1. The number of benzene rings is 1. The van der Waals surface area contributed by atoms with Crippen molar-refractivity contribution in [3.8, 4) is 5.75 Å². The van der Waals surface area contributed by atoms with Gasteiger partial charge in [-0.05, 0) is 49.6 Å². The van der Waals surface area contributed by atoms with E-state index in [0.29, 0.717) is 0 Å². The molecule has 2 aliphatic rings. The Hall–Kier alpha value is -1.87. The minimum absolute atomic E-state index is 0.215. The Balaban J connectivity index is 2.15. The molecule has 2 heterocycles. The molecule has 3 heteroatoms. The predicted octanol–water partition coefficient (Wildman–Crippen LogP) is 3.44. The van der Waals surface area contributed by atoms with E-state index in [1.54, 1.807) is 20.1 Å². The van der Waals surface area contributed by atoms with Gasteiger partial charge in [-0.3, -0.25) is 0 Å². The summed E-state index contributed by atoms with van der Waals surface area (Å²) in [5, 5.41) is 10.2. The Morgan fingerprint density at radius 1 is 1.40 bits per heavy atom. The maximum absolute atomic E-state index is 10.2. The quantitative estimate of drug-likeness (QED) is 0.893. The number of ether oxygens (including phenoxy) is 1. The SMILES string of the molecule is CC/C=C1\C2=CC=NC2Oc2ccc(C(C)(C)O)cc21. The van der Waals surface area contributed by atoms with Crippen molar-refractivity contribution >= 4 is 11.8 Å². The van der Waals surface area contributed by atoms with Gasteiger partial charge >= 0.3 is 0 Å². The zero-order valence-electron chi connectivity index (χ0n) is 12.1. The molecule has 0 amide bonds. The van der Waals surface area contributed by atoms with Crippen molar-refractivity contribution in [3.05, 3.63) is 47.1 Å². The van der Waals surface area contributed by atoms with E-state index in [1.807, 2.05) is 24.3 Å². The predicted molar refractivity (Wildman–Crippen MR) is 80.9 cm³/mol. The largest absolute Gasteiger partial charge is 0.464 e. The maximum atomic E-state index is 10.2. The van der Waals surface area contributed by atoms with Crippen molar-refractivity contribution in [1.29, 1.82) is 0 Å². The van der Waals surface area contributed by atoms with Crippen LogP contribution in [0.2, 0.25) is 0 Å². The van der Waals surface area contributed by atoms with Crippen LogP contribution in [0.4, 0.5) is 0 Å². The van der Waals surface area contributed by atoms with Gasteiger partial charge in [0.15, 0.2) is 0 Å². The second-order valence-corrected chi connectivity index (χ2v) is 5.69. The van der Waals surface area contributed by atoms with Crippen molar-refractivity contribution in [3.63, 3.8) is 0 Å². The van der Waals surface area contributed by atoms with Crippen LogP contribution in [0.1, 0.15) is 38.3 Å². The number of nitrogens with zero attached hydrogens (tertiary/aromatic N) is 1. The number of aliphatic imine (C=N–C) groups is 1. The highest BCUT2D eigenvalue weighted by Crippen LogP contribution is 2.42. The van der Waals surface area contributed by atoms with Gasteiger partial charge in [0.25, 0.3) is 0 Å². The Labute approximate surface area is 119 Å². The number of hydrogen-bond donors (Lipinski definition) is 1. The molecule has 1 aromatic carbocycles. The minimum atomic E-state index is -0.857. The molecule has 0 aliphatic carbocycles. The molecular formula is C17H19NO2. The van der Waals surface area contributed by atoms with E-state index < -0.39 is 5.60 Å². The Morgan fingerprint density at radius 3 is 2.90 bits per heavy atom. The lowest BCUT2D eigenvalue weighted by Crippen LogP contribution is -2.22. The third-order valence-electron chi connectivity index (χ3n) is 3.68. The highest BCUT2D eigenvalue weighted by atomic mass is 16.5. The third-order valence-corrected chi connectivity index (χ3v) is 3.68. The number of hydrogen-bond acceptors (Lipinski definition) is 3. The summed E-state index contributed by atoms with van der Waals surface area (Å²) < 4.78 is 5.91. The van der Waals surface area contributed by atoms with E-state index in [1.165, 1.54) is 5.57 Å². The molecule has 0 saturated heterocycles. The van der Waals surface area contributed by atoms with Gasteiger partial charge in [-0.1, -0.05) is 19.1 Å². The molecule has 2 aliphatic heterocycles. The molecule has 1 N–H and O–H groups in total. The van der Waals surface area contributed by atoms with Crippen LogP contribution in [0.25, 0.3) is 5.57 Å². The highest BCUT2D eigenvalue weighted by molar-refractivity contribution is 5.92. The van der Waals surface area contributed by atoms with Crippen LogP contribution >= 0.6 is 0 Å². The van der Waals surface area contributed by atoms with E-state index in [4.69, 9.17) is 4.74 Å². The summed E-state index contributed by atoms with van der Waals surface area (Å²) in [4.78, 5) is 4.33. The van der Waals surface area contributed by atoms with E-state index in [9.17, 15) is 5.11 Å². The fraction of sp³-hybridized carbons (Fsp3) is 0.353. The van der Waals surface area contributed by atoms with Gasteiger partial charge in [-0.25, -0.2) is 4.99 Å². The minimum Gasteiger partial charge on any atom is -0.464 e. The number of fused-ring (bicyclic) bond motifs is 2. The smallest absolute Gasteiger partial charge is 0.216 e. The summed E-state index contributed by atoms with van der Waals surface area (Å²) in [5.74, 6) is 0.832. The van der Waals surface area contributed by atoms with Gasteiger partial charge in [0.05, 0.1) is 5.60 Å². The number of aliphatic hydroxyl groups is 1. The molecule has 0 radical (unpaired) electrons. The fourth-order valence-electron chi connectivity index (χ4n) is 2.61. The summed E-state index contributed by atoms with van der Waals surface area (Å²) in [5.41, 5.74) is 3.35. The van der Waals surface area contributed by atoms with Gasteiger partial charge in [0.2, 0.25) is 6.23 Å². The first-order valence-electron chi connectivity index (χ1n) is 6.98. The zero-order valence-corrected chi connectivity index (χ0v) is 12.1. The normalized spacial score (nSPS) is 22.3. The van der Waals surface area contributed by atoms with E-state index in [-0.39, 0.29) is 6.23 Å². The maximum Gasteiger partial charge on any atom is 0.216 e. The number of rotatable bonds is 2. The van der Waals surface area contributed by atoms with Crippen molar-refractivity contribution in [2.45, 2.75) is 39.0 Å². The highest BCUT2D eigenvalue weighted by Gasteiger charge is 2.31. The van der Waals surface area contributed by atoms with Crippen molar-refractivity contribution in [1.82, 2.24) is 0 Å². The Kier molecular flexibility index (Phi) is 3.02. The van der Waals surface area contributed by atoms with Crippen LogP contribution in [-0.4, -0.2) is 17.5 Å². The molecule has 0 bridgehead atoms. The molecule has 0 aromatic heterocycles. The molecule has 3 rings (SSSR count). The van der Waals surface area contributed by atoms with Crippen molar-refractivity contribution in [2.75, 3.05) is 0 Å². The van der Waals surface area contributed by atoms with Crippen LogP contribution < -0.4 is 4.74 Å². The average molecular weight is 269 g/mol. The lowest BCUT2D eigenvalue weighted by Gasteiger charge is -2.28. The summed E-state index contributed by atoms with van der Waals surface area (Å²) in [7, 11) is 0. The van der Waals surface area contributed by atoms with Gasteiger partial charge in [0, 0.05) is 17.4 Å². The molecule has 0 fully saturated rings. The van der Waals surface area contributed by atoms with E-state index in [2.05, 4.69) is 18.0 Å². The topological polar surface area (TPSA) is 41.8 Å². The molecule has 3 nitrogen and oxygen atoms in total. The van der Waals surface area contributed by atoms with E-state index >= 15 is 0 Å². The van der Waals surface area contributed by atoms with Gasteiger partial charge in [-0.2, -0.15) is 0 Å². The van der Waals surface area contributed by atoms with Crippen molar-refractivity contribution in [2.24, 2.45) is 4.99 Å². The average Bonchev–Trinajstić information content (AvgIpc) is 2.85. The Morgan fingerprint density at radius 2 is 2.20 bits per heavy atom. The standard InChI is InChI=1S/C17H19NO2/c1-4-5-12-13-8-9-18-16(13)20-15-7-6-11(10-14(12)15)17(2,3)19/h5-10,16,19H,4H2,1-3H3/b12-5+. The summed E-state index contributed by atoms with van der Waals surface area (Å²) in [6, 6.07) is 5.86. The number of allylic oxidation sites excluding steroid dienone is 2. The Bertz CT molecular complexity index is 633. The zero-order chi connectivity index (χ0) is 14.3. The first-order chi connectivity index (χ1) is 9.50. The molecule has 104 valence electrons. The lowest BCUT2D eigenvalue weighted by molar-refractivity contribution is 0.0784. The van der Waals surface area contributed by atoms with Crippen LogP contribution in [0.5, 0.6) is 5.75 Å². The van der Waals surface area contributed by atoms with Crippen LogP contribution in [0.15, 0.2) is 40.9 Å². The van der Waals surface area contributed by atoms with Gasteiger partial charge in [0.1, 0.15) is 5.75 Å². The second kappa shape index (κ2) is 4.60. The molecule has 20 heavy (non-hydrogen) atoms. The van der Waals surface area contributed by atoms with Crippen LogP contribution in [0, 0.1) is 0 Å². The van der Waals surface area contributed by atoms with Crippen LogP contribution in [-0.2, 0) is 5.60 Å². The summed E-state index contributed by atoms with van der Waals surface area (Å²) in [6.07, 6.45) is 6.74. The van der Waals surface area contributed by atoms with Crippen LogP contribution in [0.3, 0.4) is 0 Å². The van der Waals surface area contributed by atoms with Gasteiger partial charge < -0.3 is 9.84 Å². The monoisotopic (exact) mass is 269 g/mol. The lowest BCUT2D eigenvalue weighted by atomic mass is 9.88. The molecular weight excluding hydrogens is 250 g/mol. The second-order valence-electron chi connectivity index (χ2n) is 5.69. The third kappa shape index (κ3) is 2.08. The van der Waals surface area contributed by atoms with E-state index in [0.717, 1.165) is 28.9 Å². The molecule has 1 unspecified atom stereocenters. The van der Waals surface area contributed by atoms with Gasteiger partial charge in [-0.15, -0.1) is 0 Å². The first-order valence-corrected chi connectivity index (χ1v) is 6.98. The molecule has 0 spiro atoms. The summed E-state index contributed by atoms with van der Waals surface area (Å²) >= 11 is 0. The summed E-state index contributed by atoms with van der Waals surface area (Å²) in [6.45, 7) is 5.71. The fourth-order valence-corrected chi connectivity index (χ4v) is 2.61. The molecule has 1 aromatic rings. The molecule has 1 atom stereocenters.